The molecular formula is C13H7Cl2FN2S. The van der Waals surface area contributed by atoms with Gasteiger partial charge in [0, 0.05) is 6.07 Å². The molecule has 0 radical (unpaired) electrons. The van der Waals surface area contributed by atoms with Gasteiger partial charge in [0.2, 0.25) is 0 Å². The van der Waals surface area contributed by atoms with Crippen LogP contribution in [0.5, 0.6) is 0 Å². The van der Waals surface area contributed by atoms with Gasteiger partial charge < -0.3 is 4.98 Å². The van der Waals surface area contributed by atoms with Gasteiger partial charge in [-0.15, -0.1) is 0 Å². The summed E-state index contributed by atoms with van der Waals surface area (Å²) in [5.41, 5.74) is 1.98. The van der Waals surface area contributed by atoms with Crippen molar-refractivity contribution >= 4 is 46.5 Å². The second-order valence-corrected chi connectivity index (χ2v) is 5.17. The number of rotatable bonds is 1. The zero-order valence-corrected chi connectivity index (χ0v) is 11.8. The summed E-state index contributed by atoms with van der Waals surface area (Å²) in [6, 6.07) is 9.64. The Hall–Kier alpha value is -1.36. The van der Waals surface area contributed by atoms with Crippen molar-refractivity contribution in [1.29, 1.82) is 0 Å². The summed E-state index contributed by atoms with van der Waals surface area (Å²) in [4.78, 5) is 3.01. The van der Waals surface area contributed by atoms with Gasteiger partial charge in [0.25, 0.3) is 0 Å². The molecule has 0 spiro atoms. The third-order valence-electron chi connectivity index (χ3n) is 2.82. The normalized spacial score (nSPS) is 11.1. The van der Waals surface area contributed by atoms with Crippen LogP contribution in [0.2, 0.25) is 10.0 Å². The van der Waals surface area contributed by atoms with E-state index in [1.807, 2.05) is 0 Å². The van der Waals surface area contributed by atoms with Crippen LogP contribution in [0.25, 0.3) is 16.7 Å². The highest BCUT2D eigenvalue weighted by atomic mass is 35.5. The lowest BCUT2D eigenvalue weighted by Gasteiger charge is -2.08. The lowest BCUT2D eigenvalue weighted by Crippen LogP contribution is -1.95. The Kier molecular flexibility index (Phi) is 3.09. The summed E-state index contributed by atoms with van der Waals surface area (Å²) < 4.78 is 15.5. The molecule has 0 unspecified atom stereocenters. The highest BCUT2D eigenvalue weighted by Crippen LogP contribution is 2.31. The molecule has 1 N–H and O–H groups in total. The van der Waals surface area contributed by atoms with Crippen LogP contribution in [0.4, 0.5) is 4.39 Å². The molecule has 0 aliphatic carbocycles. The zero-order chi connectivity index (χ0) is 13.6. The van der Waals surface area contributed by atoms with Crippen molar-refractivity contribution in [3.05, 3.63) is 57.0 Å². The maximum Gasteiger partial charge on any atom is 0.182 e. The molecule has 1 heterocycles. The van der Waals surface area contributed by atoms with Gasteiger partial charge in [-0.3, -0.25) is 4.57 Å². The first kappa shape index (κ1) is 12.7. The Balaban J connectivity index is 2.42. The average molecular weight is 313 g/mol. The van der Waals surface area contributed by atoms with Crippen molar-refractivity contribution in [2.45, 2.75) is 0 Å². The fourth-order valence-electron chi connectivity index (χ4n) is 1.98. The topological polar surface area (TPSA) is 20.7 Å². The smallest absolute Gasteiger partial charge is 0.182 e. The number of aromatic amines is 1. The van der Waals surface area contributed by atoms with Crippen LogP contribution in [0.15, 0.2) is 36.4 Å². The van der Waals surface area contributed by atoms with E-state index in [-0.39, 0.29) is 5.82 Å². The predicted molar refractivity (Wildman–Crippen MR) is 78.4 cm³/mol. The second kappa shape index (κ2) is 4.63. The van der Waals surface area contributed by atoms with E-state index >= 15 is 0 Å². The van der Waals surface area contributed by atoms with Crippen LogP contribution in [0.1, 0.15) is 0 Å². The van der Waals surface area contributed by atoms with Crippen molar-refractivity contribution in [2.24, 2.45) is 0 Å². The number of aromatic nitrogens is 2. The molecule has 0 atom stereocenters. The number of hydrogen-bond donors (Lipinski definition) is 1. The summed E-state index contributed by atoms with van der Waals surface area (Å²) in [5.74, 6) is -0.339. The fraction of sp³-hybridized carbons (Fsp3) is 0. The molecule has 0 aliphatic rings. The maximum atomic E-state index is 13.4. The van der Waals surface area contributed by atoms with E-state index in [1.54, 1.807) is 28.8 Å². The molecule has 0 saturated carbocycles. The zero-order valence-electron chi connectivity index (χ0n) is 9.45. The highest BCUT2D eigenvalue weighted by molar-refractivity contribution is 7.71. The Bertz CT molecular complexity index is 838. The Labute approximate surface area is 123 Å². The minimum absolute atomic E-state index is 0.339. The first-order chi connectivity index (χ1) is 9.08. The molecule has 0 aliphatic heterocycles. The van der Waals surface area contributed by atoms with Crippen LogP contribution in [-0.4, -0.2) is 9.55 Å². The molecule has 3 rings (SSSR count). The number of H-pyrrole nitrogens is 1. The van der Waals surface area contributed by atoms with Gasteiger partial charge in [-0.25, -0.2) is 4.39 Å². The molecule has 0 fully saturated rings. The van der Waals surface area contributed by atoms with E-state index in [2.05, 4.69) is 4.98 Å². The number of benzene rings is 2. The maximum absolute atomic E-state index is 13.4. The van der Waals surface area contributed by atoms with Gasteiger partial charge >= 0.3 is 0 Å². The summed E-state index contributed by atoms with van der Waals surface area (Å²) in [7, 11) is 0. The first-order valence-electron chi connectivity index (χ1n) is 5.42. The minimum Gasteiger partial charge on any atom is -0.330 e. The SMILES string of the molecule is Fc1ccc2[nH]c(=S)n(-c3cccc(Cl)c3Cl)c2c1. The molecule has 3 aromatic rings. The van der Waals surface area contributed by atoms with Crippen molar-refractivity contribution < 1.29 is 4.39 Å². The fourth-order valence-corrected chi connectivity index (χ4v) is 2.67. The lowest BCUT2D eigenvalue weighted by atomic mass is 10.2. The first-order valence-corrected chi connectivity index (χ1v) is 6.59. The summed E-state index contributed by atoms with van der Waals surface area (Å²) >= 11 is 17.5. The monoisotopic (exact) mass is 312 g/mol. The third-order valence-corrected chi connectivity index (χ3v) is 3.91. The van der Waals surface area contributed by atoms with Crippen molar-refractivity contribution in [3.8, 4) is 5.69 Å². The van der Waals surface area contributed by atoms with Gasteiger partial charge in [-0.1, -0.05) is 29.3 Å². The number of fused-ring (bicyclic) bond motifs is 1. The summed E-state index contributed by atoms with van der Waals surface area (Å²) in [5, 5.41) is 0.803. The van der Waals surface area contributed by atoms with Gasteiger partial charge in [0.15, 0.2) is 4.77 Å². The molecule has 19 heavy (non-hydrogen) atoms. The summed E-state index contributed by atoms with van der Waals surface area (Å²) in [6.45, 7) is 0. The molecule has 0 saturated heterocycles. The van der Waals surface area contributed by atoms with Crippen LogP contribution >= 0.6 is 35.4 Å². The van der Waals surface area contributed by atoms with Crippen molar-refractivity contribution in [2.75, 3.05) is 0 Å². The van der Waals surface area contributed by atoms with Gasteiger partial charge in [-0.2, -0.15) is 0 Å². The van der Waals surface area contributed by atoms with Crippen LogP contribution in [0.3, 0.4) is 0 Å². The van der Waals surface area contributed by atoms with Gasteiger partial charge in [-0.05, 0) is 36.5 Å². The van der Waals surface area contributed by atoms with Gasteiger partial charge in [0.05, 0.1) is 26.8 Å². The second-order valence-electron chi connectivity index (χ2n) is 4.00. The van der Waals surface area contributed by atoms with Crippen molar-refractivity contribution in [3.63, 3.8) is 0 Å². The van der Waals surface area contributed by atoms with E-state index in [9.17, 15) is 4.39 Å². The van der Waals surface area contributed by atoms with E-state index in [0.29, 0.717) is 26.0 Å². The largest absolute Gasteiger partial charge is 0.330 e. The molecular weight excluding hydrogens is 306 g/mol. The van der Waals surface area contributed by atoms with E-state index in [4.69, 9.17) is 35.4 Å². The molecule has 2 nitrogen and oxygen atoms in total. The van der Waals surface area contributed by atoms with E-state index in [0.717, 1.165) is 5.52 Å². The predicted octanol–water partition coefficient (Wildman–Crippen LogP) is 5.13. The Morgan fingerprint density at radius 2 is 1.95 bits per heavy atom. The van der Waals surface area contributed by atoms with E-state index in [1.165, 1.54) is 12.1 Å². The number of nitrogens with zero attached hydrogens (tertiary/aromatic N) is 1. The quantitative estimate of drug-likeness (QED) is 0.617. The van der Waals surface area contributed by atoms with Gasteiger partial charge in [0.1, 0.15) is 5.82 Å². The number of imidazole rings is 1. The van der Waals surface area contributed by atoms with Crippen molar-refractivity contribution in [1.82, 2.24) is 9.55 Å². The van der Waals surface area contributed by atoms with Crippen LogP contribution in [-0.2, 0) is 0 Å². The van der Waals surface area contributed by atoms with Crippen LogP contribution < -0.4 is 0 Å². The number of hydrogen-bond acceptors (Lipinski definition) is 1. The molecule has 6 heteroatoms. The van der Waals surface area contributed by atoms with E-state index < -0.39 is 0 Å². The Morgan fingerprint density at radius 3 is 2.74 bits per heavy atom. The number of nitrogens with one attached hydrogen (secondary N) is 1. The standard InChI is InChI=1S/C13H7Cl2FN2S/c14-8-2-1-3-10(12(8)15)18-11-6-7(16)4-5-9(11)17-13(18)19/h1-6H,(H,17,19). The molecule has 2 aromatic carbocycles. The van der Waals surface area contributed by atoms with Crippen LogP contribution in [0, 0.1) is 10.6 Å². The molecule has 0 bridgehead atoms. The third kappa shape index (κ3) is 2.06. The molecule has 96 valence electrons. The summed E-state index contributed by atoms with van der Waals surface area (Å²) in [6.07, 6.45) is 0. The molecule has 0 amide bonds. The average Bonchev–Trinajstić information content (AvgIpc) is 2.69. The minimum atomic E-state index is -0.339. The highest BCUT2D eigenvalue weighted by Gasteiger charge is 2.12. The Morgan fingerprint density at radius 1 is 1.16 bits per heavy atom. The number of halogens is 3. The molecule has 1 aromatic heterocycles. The lowest BCUT2D eigenvalue weighted by molar-refractivity contribution is 0.629.